The Morgan fingerprint density at radius 3 is 2.62 bits per heavy atom. The van der Waals surface area contributed by atoms with Crippen molar-refractivity contribution in [2.45, 2.75) is 12.7 Å². The summed E-state index contributed by atoms with van der Waals surface area (Å²) >= 11 is 0. The number of hydrogen-bond acceptors (Lipinski definition) is 3. The Balaban J connectivity index is 2.13. The fourth-order valence-corrected chi connectivity index (χ4v) is 2.09. The molecule has 0 aliphatic heterocycles. The number of rotatable bonds is 2. The van der Waals surface area contributed by atoms with Crippen LogP contribution in [0.4, 0.5) is 13.2 Å². The van der Waals surface area contributed by atoms with Gasteiger partial charge in [-0.25, -0.2) is 0 Å². The summed E-state index contributed by atoms with van der Waals surface area (Å²) in [5.74, 6) is 0.361. The first-order valence-corrected chi connectivity index (χ1v) is 6.20. The van der Waals surface area contributed by atoms with Gasteiger partial charge in [0.1, 0.15) is 0 Å². The maximum Gasteiger partial charge on any atom is 0.416 e. The molecule has 0 atom stereocenters. The van der Waals surface area contributed by atoms with Crippen molar-refractivity contribution < 1.29 is 13.2 Å². The van der Waals surface area contributed by atoms with Crippen molar-refractivity contribution in [3.05, 3.63) is 53.7 Å². The summed E-state index contributed by atoms with van der Waals surface area (Å²) in [6.45, 7) is 0.363. The van der Waals surface area contributed by atoms with Gasteiger partial charge in [0.2, 0.25) is 0 Å². The van der Waals surface area contributed by atoms with Crippen LogP contribution >= 0.6 is 0 Å². The lowest BCUT2D eigenvalue weighted by atomic mass is 10.1. The summed E-state index contributed by atoms with van der Waals surface area (Å²) in [4.78, 5) is 0. The van der Waals surface area contributed by atoms with Gasteiger partial charge in [-0.3, -0.25) is 4.40 Å². The molecule has 3 rings (SSSR count). The average Bonchev–Trinajstić information content (AvgIpc) is 2.89. The molecule has 3 aromatic rings. The first kappa shape index (κ1) is 13.6. The summed E-state index contributed by atoms with van der Waals surface area (Å²) in [6, 6.07) is 8.56. The van der Waals surface area contributed by atoms with Crippen LogP contribution in [0.2, 0.25) is 0 Å². The van der Waals surface area contributed by atoms with Gasteiger partial charge in [-0.1, -0.05) is 12.1 Å². The number of pyridine rings is 1. The minimum atomic E-state index is -4.39. The van der Waals surface area contributed by atoms with E-state index in [1.165, 1.54) is 6.07 Å². The molecule has 0 radical (unpaired) electrons. The second-order valence-corrected chi connectivity index (χ2v) is 4.57. The minimum Gasteiger partial charge on any atom is -0.326 e. The maximum absolute atomic E-state index is 12.8. The zero-order valence-electron chi connectivity index (χ0n) is 10.8. The molecule has 2 heterocycles. The highest BCUT2D eigenvalue weighted by Gasteiger charge is 2.30. The number of nitrogens with zero attached hydrogens (tertiary/aromatic N) is 3. The third kappa shape index (κ3) is 2.47. The standard InChI is InChI=1S/C14H11F3N4/c15-14(16,17)11-3-1-2-10(7-11)13-20-19-12-6-9(8-18)4-5-21(12)13/h1-7H,8,18H2. The van der Waals surface area contributed by atoms with Crippen LogP contribution in [0.1, 0.15) is 11.1 Å². The van der Waals surface area contributed by atoms with Crippen LogP contribution in [0.3, 0.4) is 0 Å². The summed E-state index contributed by atoms with van der Waals surface area (Å²) in [6.07, 6.45) is -2.68. The number of halogens is 3. The SMILES string of the molecule is NCc1ccn2c(-c3cccc(C(F)(F)F)c3)nnc2c1. The molecular weight excluding hydrogens is 281 g/mol. The summed E-state index contributed by atoms with van der Waals surface area (Å²) in [5, 5.41) is 7.94. The van der Waals surface area contributed by atoms with Crippen LogP contribution in [0.5, 0.6) is 0 Å². The van der Waals surface area contributed by atoms with Gasteiger partial charge in [0, 0.05) is 18.3 Å². The van der Waals surface area contributed by atoms with E-state index in [4.69, 9.17) is 5.73 Å². The monoisotopic (exact) mass is 292 g/mol. The van der Waals surface area contributed by atoms with Crippen LogP contribution < -0.4 is 5.73 Å². The van der Waals surface area contributed by atoms with E-state index in [2.05, 4.69) is 10.2 Å². The fraction of sp³-hybridized carbons (Fsp3) is 0.143. The lowest BCUT2D eigenvalue weighted by Crippen LogP contribution is -2.04. The Hall–Kier alpha value is -2.41. The second-order valence-electron chi connectivity index (χ2n) is 4.57. The van der Waals surface area contributed by atoms with Crippen molar-refractivity contribution in [1.29, 1.82) is 0 Å². The molecule has 0 amide bonds. The van der Waals surface area contributed by atoms with Crippen LogP contribution in [0.25, 0.3) is 17.0 Å². The lowest BCUT2D eigenvalue weighted by Gasteiger charge is -2.08. The van der Waals surface area contributed by atoms with E-state index < -0.39 is 11.7 Å². The zero-order valence-corrected chi connectivity index (χ0v) is 10.8. The van der Waals surface area contributed by atoms with E-state index in [0.29, 0.717) is 23.6 Å². The van der Waals surface area contributed by atoms with E-state index in [1.807, 2.05) is 0 Å². The molecule has 1 aromatic carbocycles. The van der Waals surface area contributed by atoms with Gasteiger partial charge in [0.15, 0.2) is 11.5 Å². The van der Waals surface area contributed by atoms with Gasteiger partial charge in [0.25, 0.3) is 0 Å². The zero-order chi connectivity index (χ0) is 15.0. The van der Waals surface area contributed by atoms with Crippen molar-refractivity contribution in [3.63, 3.8) is 0 Å². The van der Waals surface area contributed by atoms with Crippen molar-refractivity contribution in [3.8, 4) is 11.4 Å². The molecular formula is C14H11F3N4. The number of nitrogens with two attached hydrogens (primary N) is 1. The Labute approximate surface area is 118 Å². The molecule has 0 aliphatic carbocycles. The van der Waals surface area contributed by atoms with Gasteiger partial charge in [-0.15, -0.1) is 10.2 Å². The van der Waals surface area contributed by atoms with Crippen molar-refractivity contribution in [2.75, 3.05) is 0 Å². The number of alkyl halides is 3. The number of fused-ring (bicyclic) bond motifs is 1. The van der Waals surface area contributed by atoms with E-state index >= 15 is 0 Å². The van der Waals surface area contributed by atoms with Gasteiger partial charge in [0.05, 0.1) is 5.56 Å². The summed E-state index contributed by atoms with van der Waals surface area (Å²) in [5.41, 5.74) is 6.62. The van der Waals surface area contributed by atoms with E-state index in [-0.39, 0.29) is 0 Å². The molecule has 0 fully saturated rings. The predicted molar refractivity (Wildman–Crippen MR) is 71.3 cm³/mol. The fourth-order valence-electron chi connectivity index (χ4n) is 2.09. The molecule has 0 saturated carbocycles. The minimum absolute atomic E-state index is 0.359. The average molecular weight is 292 g/mol. The second kappa shape index (κ2) is 4.85. The highest BCUT2D eigenvalue weighted by Crippen LogP contribution is 2.31. The smallest absolute Gasteiger partial charge is 0.326 e. The third-order valence-electron chi connectivity index (χ3n) is 3.16. The normalized spacial score (nSPS) is 12.0. The Kier molecular flexibility index (Phi) is 3.13. The molecule has 21 heavy (non-hydrogen) atoms. The molecule has 0 saturated heterocycles. The third-order valence-corrected chi connectivity index (χ3v) is 3.16. The molecule has 2 N–H and O–H groups in total. The molecule has 108 valence electrons. The van der Waals surface area contributed by atoms with Gasteiger partial charge >= 0.3 is 6.18 Å². The topological polar surface area (TPSA) is 56.2 Å². The Morgan fingerprint density at radius 1 is 1.10 bits per heavy atom. The molecule has 0 bridgehead atoms. The first-order chi connectivity index (χ1) is 9.99. The van der Waals surface area contributed by atoms with Crippen molar-refractivity contribution in [1.82, 2.24) is 14.6 Å². The van der Waals surface area contributed by atoms with Crippen molar-refractivity contribution >= 4 is 5.65 Å². The van der Waals surface area contributed by atoms with E-state index in [0.717, 1.165) is 17.7 Å². The Bertz CT molecular complexity index is 792. The van der Waals surface area contributed by atoms with E-state index in [9.17, 15) is 13.2 Å². The molecule has 0 aliphatic rings. The molecule has 0 spiro atoms. The first-order valence-electron chi connectivity index (χ1n) is 6.20. The van der Waals surface area contributed by atoms with Crippen LogP contribution in [0.15, 0.2) is 42.6 Å². The number of aromatic nitrogens is 3. The number of hydrogen-bond donors (Lipinski definition) is 1. The predicted octanol–water partition coefficient (Wildman–Crippen LogP) is 2.87. The summed E-state index contributed by atoms with van der Waals surface area (Å²) in [7, 11) is 0. The lowest BCUT2D eigenvalue weighted by molar-refractivity contribution is -0.137. The highest BCUT2D eigenvalue weighted by atomic mass is 19.4. The summed E-state index contributed by atoms with van der Waals surface area (Å²) < 4.78 is 39.9. The van der Waals surface area contributed by atoms with E-state index in [1.54, 1.807) is 28.8 Å². The Morgan fingerprint density at radius 2 is 1.90 bits per heavy atom. The van der Waals surface area contributed by atoms with Crippen molar-refractivity contribution in [2.24, 2.45) is 5.73 Å². The van der Waals surface area contributed by atoms with Crippen LogP contribution in [-0.4, -0.2) is 14.6 Å². The molecule has 7 heteroatoms. The van der Waals surface area contributed by atoms with Gasteiger partial charge < -0.3 is 5.73 Å². The highest BCUT2D eigenvalue weighted by molar-refractivity contribution is 5.60. The number of benzene rings is 1. The largest absolute Gasteiger partial charge is 0.416 e. The molecule has 0 unspecified atom stereocenters. The van der Waals surface area contributed by atoms with Gasteiger partial charge in [-0.2, -0.15) is 13.2 Å². The maximum atomic E-state index is 12.8. The van der Waals surface area contributed by atoms with Gasteiger partial charge in [-0.05, 0) is 29.8 Å². The quantitative estimate of drug-likeness (QED) is 0.790. The molecule has 2 aromatic heterocycles. The van der Waals surface area contributed by atoms with Crippen LogP contribution in [0, 0.1) is 0 Å². The van der Waals surface area contributed by atoms with Crippen LogP contribution in [-0.2, 0) is 12.7 Å². The molecule has 4 nitrogen and oxygen atoms in total.